The van der Waals surface area contributed by atoms with E-state index in [-0.39, 0.29) is 12.8 Å². The van der Waals surface area contributed by atoms with Gasteiger partial charge in [0.1, 0.15) is 0 Å². The second-order valence-corrected chi connectivity index (χ2v) is 11.4. The topological polar surface area (TPSA) is 69.7 Å². The lowest BCUT2D eigenvalue weighted by molar-refractivity contribution is -0.138. The molecule has 0 amide bonds. The Morgan fingerprint density at radius 3 is 1.23 bits per heavy atom. The predicted octanol–water partition coefficient (Wildman–Crippen LogP) is 9.85. The molecule has 204 valence electrons. The Bertz CT molecular complexity index is 577. The van der Waals surface area contributed by atoms with Crippen molar-refractivity contribution in [2.24, 2.45) is 0 Å². The monoisotopic (exact) mass is 512 g/mol. The van der Waals surface area contributed by atoms with Gasteiger partial charge >= 0.3 is 19.5 Å². The second kappa shape index (κ2) is 24.3. The summed E-state index contributed by atoms with van der Waals surface area (Å²) in [6.07, 6.45) is 29.1. The molecule has 0 aliphatic rings. The average Bonchev–Trinajstić information content (AvgIpc) is 2.80. The van der Waals surface area contributed by atoms with Crippen molar-refractivity contribution >= 4 is 19.5 Å². The molecule has 0 radical (unpaired) electrons. The number of hydrogen-bond acceptors (Lipinski definition) is 5. The van der Waals surface area contributed by atoms with E-state index in [1.54, 1.807) is 0 Å². The Kier molecular flexibility index (Phi) is 23.4. The fourth-order valence-electron chi connectivity index (χ4n) is 3.72. The lowest BCUT2D eigenvalue weighted by Crippen LogP contribution is -2.08. The standard InChI is InChI=1S/C29H53O5P/c1-4-6-8-10-12-14-16-18-20-22-24-26-28(30)33-35(3,32)34-29(31)27-25-23-21-19-17-15-13-11-9-7-5-2/h10-13H,4-9,14-27H2,1-3H3/b12-10-,13-11-. The van der Waals surface area contributed by atoms with Gasteiger partial charge in [-0.25, -0.2) is 4.57 Å². The lowest BCUT2D eigenvalue weighted by Gasteiger charge is -2.13. The third kappa shape index (κ3) is 25.5. The van der Waals surface area contributed by atoms with Gasteiger partial charge in [-0.3, -0.25) is 9.59 Å². The molecule has 6 heteroatoms. The van der Waals surface area contributed by atoms with E-state index in [9.17, 15) is 14.2 Å². The number of hydrogen-bond donors (Lipinski definition) is 0. The number of rotatable bonds is 24. The van der Waals surface area contributed by atoms with Crippen LogP contribution in [-0.4, -0.2) is 18.6 Å². The van der Waals surface area contributed by atoms with Gasteiger partial charge in [0, 0.05) is 12.8 Å². The van der Waals surface area contributed by atoms with Crippen molar-refractivity contribution in [1.82, 2.24) is 0 Å². The first-order valence-corrected chi connectivity index (χ1v) is 16.2. The van der Waals surface area contributed by atoms with Gasteiger partial charge in [0.05, 0.1) is 6.66 Å². The van der Waals surface area contributed by atoms with Crippen LogP contribution in [0.3, 0.4) is 0 Å². The molecule has 0 fully saturated rings. The van der Waals surface area contributed by atoms with Crippen molar-refractivity contribution in [1.29, 1.82) is 0 Å². The summed E-state index contributed by atoms with van der Waals surface area (Å²) in [7, 11) is -3.68. The predicted molar refractivity (Wildman–Crippen MR) is 148 cm³/mol. The van der Waals surface area contributed by atoms with Crippen molar-refractivity contribution in [3.8, 4) is 0 Å². The van der Waals surface area contributed by atoms with E-state index in [4.69, 9.17) is 9.05 Å². The summed E-state index contributed by atoms with van der Waals surface area (Å²) in [4.78, 5) is 23.9. The highest BCUT2D eigenvalue weighted by atomic mass is 31.2. The average molecular weight is 513 g/mol. The third-order valence-electron chi connectivity index (χ3n) is 5.82. The molecule has 0 saturated heterocycles. The summed E-state index contributed by atoms with van der Waals surface area (Å²) in [6.45, 7) is 5.61. The summed E-state index contributed by atoms with van der Waals surface area (Å²) in [5.41, 5.74) is 0. The summed E-state index contributed by atoms with van der Waals surface area (Å²) < 4.78 is 22.3. The van der Waals surface area contributed by atoms with Crippen LogP contribution in [0.2, 0.25) is 0 Å². The fraction of sp³-hybridized carbons (Fsp3) is 0.793. The molecule has 0 aromatic carbocycles. The number of unbranched alkanes of at least 4 members (excludes halogenated alkanes) is 14. The Labute approximate surface area is 216 Å². The van der Waals surface area contributed by atoms with Crippen LogP contribution < -0.4 is 0 Å². The van der Waals surface area contributed by atoms with Crippen LogP contribution in [-0.2, 0) is 23.2 Å². The highest BCUT2D eigenvalue weighted by Crippen LogP contribution is 2.44. The van der Waals surface area contributed by atoms with Crippen LogP contribution in [0.25, 0.3) is 0 Å². The van der Waals surface area contributed by atoms with Gasteiger partial charge in [-0.05, 0) is 51.4 Å². The molecule has 35 heavy (non-hydrogen) atoms. The first-order valence-electron chi connectivity index (χ1n) is 14.2. The van der Waals surface area contributed by atoms with E-state index in [0.717, 1.165) is 51.4 Å². The van der Waals surface area contributed by atoms with E-state index in [0.29, 0.717) is 12.8 Å². The Balaban J connectivity index is 3.70. The van der Waals surface area contributed by atoms with Gasteiger partial charge in [0.15, 0.2) is 0 Å². The number of carbonyl (C=O) groups is 2. The SMILES string of the molecule is CCCC/C=C\CCCCCCCC(=O)OP(C)(=O)OC(=O)CCCCCCC/C=C\CCCC. The van der Waals surface area contributed by atoms with E-state index in [1.165, 1.54) is 58.0 Å². The molecule has 0 unspecified atom stereocenters. The molecule has 0 saturated carbocycles. The Hall–Kier alpha value is -1.35. The quantitative estimate of drug-likeness (QED) is 0.0731. The molecule has 0 aliphatic carbocycles. The van der Waals surface area contributed by atoms with Crippen LogP contribution in [0.4, 0.5) is 0 Å². The zero-order valence-electron chi connectivity index (χ0n) is 22.9. The maximum atomic E-state index is 12.3. The Morgan fingerprint density at radius 2 is 0.857 bits per heavy atom. The van der Waals surface area contributed by atoms with Gasteiger partial charge in [-0.15, -0.1) is 0 Å². The van der Waals surface area contributed by atoms with E-state index in [2.05, 4.69) is 38.2 Å². The molecular formula is C29H53O5P. The zero-order chi connectivity index (χ0) is 26.0. The van der Waals surface area contributed by atoms with Crippen LogP contribution in [0.1, 0.15) is 142 Å². The van der Waals surface area contributed by atoms with Gasteiger partial charge in [0.25, 0.3) is 0 Å². The molecule has 0 atom stereocenters. The molecule has 0 bridgehead atoms. The summed E-state index contributed by atoms with van der Waals surface area (Å²) >= 11 is 0. The van der Waals surface area contributed by atoms with Gasteiger partial charge in [-0.2, -0.15) is 0 Å². The maximum Gasteiger partial charge on any atom is 0.431 e. The molecule has 0 aliphatic heterocycles. The highest BCUT2D eigenvalue weighted by molar-refractivity contribution is 7.54. The van der Waals surface area contributed by atoms with Gasteiger partial charge < -0.3 is 9.05 Å². The van der Waals surface area contributed by atoms with Gasteiger partial charge in [0.2, 0.25) is 0 Å². The lowest BCUT2D eigenvalue weighted by atomic mass is 10.1. The highest BCUT2D eigenvalue weighted by Gasteiger charge is 2.26. The molecule has 0 rings (SSSR count). The molecule has 0 aromatic rings. The van der Waals surface area contributed by atoms with E-state index < -0.39 is 19.5 Å². The fourth-order valence-corrected chi connectivity index (χ4v) is 4.68. The molecular weight excluding hydrogens is 459 g/mol. The van der Waals surface area contributed by atoms with Crippen molar-refractivity contribution in [2.75, 3.05) is 6.66 Å². The maximum absolute atomic E-state index is 12.3. The zero-order valence-corrected chi connectivity index (χ0v) is 23.8. The Morgan fingerprint density at radius 1 is 0.543 bits per heavy atom. The molecule has 5 nitrogen and oxygen atoms in total. The first-order chi connectivity index (χ1) is 16.9. The normalized spacial score (nSPS) is 12.0. The third-order valence-corrected chi connectivity index (χ3v) is 6.89. The minimum Gasteiger partial charge on any atom is -0.383 e. The van der Waals surface area contributed by atoms with Gasteiger partial charge in [-0.1, -0.05) is 102 Å². The van der Waals surface area contributed by atoms with Crippen molar-refractivity contribution < 1.29 is 23.2 Å². The van der Waals surface area contributed by atoms with Crippen molar-refractivity contribution in [2.45, 2.75) is 142 Å². The minimum absolute atomic E-state index is 0.208. The molecule has 0 spiro atoms. The summed E-state index contributed by atoms with van der Waals surface area (Å²) in [6, 6.07) is 0. The van der Waals surface area contributed by atoms with Crippen LogP contribution in [0, 0.1) is 0 Å². The van der Waals surface area contributed by atoms with E-state index >= 15 is 0 Å². The summed E-state index contributed by atoms with van der Waals surface area (Å²) in [5.74, 6) is -1.10. The smallest absolute Gasteiger partial charge is 0.383 e. The number of carbonyl (C=O) groups excluding carboxylic acids is 2. The molecule has 0 heterocycles. The minimum atomic E-state index is -3.68. The number of allylic oxidation sites excluding steroid dienone is 4. The second-order valence-electron chi connectivity index (χ2n) is 9.54. The van der Waals surface area contributed by atoms with Crippen molar-refractivity contribution in [3.63, 3.8) is 0 Å². The molecule has 0 aromatic heterocycles. The largest absolute Gasteiger partial charge is 0.431 e. The van der Waals surface area contributed by atoms with Crippen LogP contribution in [0.15, 0.2) is 24.3 Å². The summed E-state index contributed by atoms with van der Waals surface area (Å²) in [5, 5.41) is 0. The van der Waals surface area contributed by atoms with Crippen LogP contribution in [0.5, 0.6) is 0 Å². The van der Waals surface area contributed by atoms with E-state index in [1.807, 2.05) is 0 Å². The van der Waals surface area contributed by atoms with Crippen LogP contribution >= 0.6 is 7.60 Å². The first kappa shape index (κ1) is 33.7. The van der Waals surface area contributed by atoms with Crippen molar-refractivity contribution in [3.05, 3.63) is 24.3 Å². The molecule has 0 N–H and O–H groups in total.